The zero-order valence-electron chi connectivity index (χ0n) is 9.09. The molecule has 0 bridgehead atoms. The average Bonchev–Trinajstić information content (AvgIpc) is 2.56. The monoisotopic (exact) mass is 241 g/mol. The van der Waals surface area contributed by atoms with Crippen LogP contribution in [0.25, 0.3) is 0 Å². The second-order valence-electron chi connectivity index (χ2n) is 4.20. The normalized spacial score (nSPS) is 25.5. The fourth-order valence-electron chi connectivity index (χ4n) is 1.87. The summed E-state index contributed by atoms with van der Waals surface area (Å²) in [5.74, 6) is 1.19. The quantitative estimate of drug-likeness (QED) is 0.842. The molecule has 0 saturated carbocycles. The Bertz CT molecular complexity index is 353. The Kier molecular flexibility index (Phi) is 3.47. The molecule has 0 aromatic heterocycles. The lowest BCUT2D eigenvalue weighted by Gasteiger charge is -2.14. The summed E-state index contributed by atoms with van der Waals surface area (Å²) >= 11 is 8.20. The van der Waals surface area contributed by atoms with E-state index in [9.17, 15) is 0 Å². The van der Waals surface area contributed by atoms with Crippen LogP contribution in [0.4, 0.5) is 5.69 Å². The van der Waals surface area contributed by atoms with E-state index in [1.165, 1.54) is 17.7 Å². The van der Waals surface area contributed by atoms with Gasteiger partial charge in [-0.15, -0.1) is 0 Å². The molecule has 0 amide bonds. The Morgan fingerprint density at radius 1 is 1.47 bits per heavy atom. The third kappa shape index (κ3) is 2.82. The molecule has 15 heavy (non-hydrogen) atoms. The Hall–Kier alpha value is -0.340. The summed E-state index contributed by atoms with van der Waals surface area (Å²) in [6, 6.07) is 6.76. The average molecular weight is 242 g/mol. The van der Waals surface area contributed by atoms with Crippen molar-refractivity contribution in [2.24, 2.45) is 0 Å². The van der Waals surface area contributed by atoms with Gasteiger partial charge in [-0.05, 0) is 31.0 Å². The number of aryl methyl sites for hydroxylation is 1. The minimum atomic E-state index is 0.574. The van der Waals surface area contributed by atoms with E-state index in [1.54, 1.807) is 0 Å². The van der Waals surface area contributed by atoms with E-state index >= 15 is 0 Å². The van der Waals surface area contributed by atoms with Crippen LogP contribution in [0.1, 0.15) is 18.9 Å². The van der Waals surface area contributed by atoms with Crippen molar-refractivity contribution in [1.82, 2.24) is 0 Å². The summed E-state index contributed by atoms with van der Waals surface area (Å²) in [5.41, 5.74) is 2.28. The number of benzene rings is 1. The maximum atomic E-state index is 6.18. The van der Waals surface area contributed by atoms with Crippen molar-refractivity contribution < 1.29 is 0 Å². The van der Waals surface area contributed by atoms with Gasteiger partial charge in [0, 0.05) is 17.0 Å². The first kappa shape index (κ1) is 11.2. The molecule has 0 spiro atoms. The van der Waals surface area contributed by atoms with Gasteiger partial charge in [0.1, 0.15) is 0 Å². The number of thioether (sulfide) groups is 1. The van der Waals surface area contributed by atoms with E-state index in [-0.39, 0.29) is 0 Å². The smallest absolute Gasteiger partial charge is 0.0640 e. The van der Waals surface area contributed by atoms with E-state index in [4.69, 9.17) is 11.6 Å². The molecule has 2 atom stereocenters. The van der Waals surface area contributed by atoms with Crippen LogP contribution in [0.15, 0.2) is 18.2 Å². The highest BCUT2D eigenvalue weighted by Crippen LogP contribution is 2.30. The van der Waals surface area contributed by atoms with Crippen molar-refractivity contribution in [3.63, 3.8) is 0 Å². The number of rotatable bonds is 2. The molecule has 2 rings (SSSR count). The third-order valence-corrected chi connectivity index (χ3v) is 4.35. The van der Waals surface area contributed by atoms with E-state index in [0.29, 0.717) is 6.04 Å². The zero-order chi connectivity index (χ0) is 10.8. The van der Waals surface area contributed by atoms with E-state index in [2.05, 4.69) is 31.3 Å². The van der Waals surface area contributed by atoms with Gasteiger partial charge in [-0.25, -0.2) is 0 Å². The summed E-state index contributed by atoms with van der Waals surface area (Å²) in [5, 5.41) is 5.12. The maximum absolute atomic E-state index is 6.18. The topological polar surface area (TPSA) is 12.0 Å². The molecule has 1 saturated heterocycles. The predicted octanol–water partition coefficient (Wildman–Crippen LogP) is 3.95. The van der Waals surface area contributed by atoms with E-state index in [0.717, 1.165) is 16.0 Å². The predicted molar refractivity (Wildman–Crippen MR) is 70.1 cm³/mol. The zero-order valence-corrected chi connectivity index (χ0v) is 10.7. The summed E-state index contributed by atoms with van der Waals surface area (Å²) in [4.78, 5) is 0. The molecule has 82 valence electrons. The van der Waals surface area contributed by atoms with Gasteiger partial charge in [0.25, 0.3) is 0 Å². The second-order valence-corrected chi connectivity index (χ2v) is 6.08. The van der Waals surface area contributed by atoms with E-state index in [1.807, 2.05) is 17.8 Å². The van der Waals surface area contributed by atoms with Gasteiger partial charge in [0.2, 0.25) is 0 Å². The van der Waals surface area contributed by atoms with Crippen LogP contribution in [0.5, 0.6) is 0 Å². The second kappa shape index (κ2) is 4.67. The molecule has 1 nitrogen and oxygen atoms in total. The molecule has 1 fully saturated rings. The van der Waals surface area contributed by atoms with Crippen LogP contribution < -0.4 is 5.32 Å². The first-order valence-electron chi connectivity index (χ1n) is 5.29. The lowest BCUT2D eigenvalue weighted by molar-refractivity contribution is 0.747. The van der Waals surface area contributed by atoms with Gasteiger partial charge >= 0.3 is 0 Å². The molecule has 0 radical (unpaired) electrons. The van der Waals surface area contributed by atoms with Gasteiger partial charge in [-0.2, -0.15) is 11.8 Å². The van der Waals surface area contributed by atoms with Crippen molar-refractivity contribution in [1.29, 1.82) is 0 Å². The summed E-state index contributed by atoms with van der Waals surface area (Å²) < 4.78 is 0. The van der Waals surface area contributed by atoms with Crippen molar-refractivity contribution in [2.75, 3.05) is 11.1 Å². The summed E-state index contributed by atoms with van der Waals surface area (Å²) in [7, 11) is 0. The molecule has 1 aliphatic heterocycles. The molecule has 2 unspecified atom stereocenters. The summed E-state index contributed by atoms with van der Waals surface area (Å²) in [6.07, 6.45) is 1.23. The van der Waals surface area contributed by atoms with Crippen LogP contribution in [0, 0.1) is 6.92 Å². The molecule has 1 N–H and O–H groups in total. The highest BCUT2D eigenvalue weighted by atomic mass is 35.5. The summed E-state index contributed by atoms with van der Waals surface area (Å²) in [6.45, 7) is 4.34. The van der Waals surface area contributed by atoms with Gasteiger partial charge in [-0.1, -0.05) is 24.6 Å². The number of hydrogen-bond donors (Lipinski definition) is 1. The van der Waals surface area contributed by atoms with Gasteiger partial charge < -0.3 is 5.32 Å². The Balaban J connectivity index is 2.04. The van der Waals surface area contributed by atoms with Crippen LogP contribution in [0.3, 0.4) is 0 Å². The largest absolute Gasteiger partial charge is 0.380 e. The van der Waals surface area contributed by atoms with Crippen LogP contribution >= 0.6 is 23.4 Å². The first-order chi connectivity index (χ1) is 7.15. The fourth-order valence-corrected chi connectivity index (χ4v) is 3.31. The van der Waals surface area contributed by atoms with Gasteiger partial charge in [0.15, 0.2) is 0 Å². The molecular weight excluding hydrogens is 226 g/mol. The third-order valence-electron chi connectivity index (χ3n) is 2.68. The first-order valence-corrected chi connectivity index (χ1v) is 6.72. The van der Waals surface area contributed by atoms with Crippen molar-refractivity contribution in [2.45, 2.75) is 31.6 Å². The Morgan fingerprint density at radius 3 is 2.87 bits per heavy atom. The number of anilines is 1. The lowest BCUT2D eigenvalue weighted by atomic mass is 10.1. The van der Waals surface area contributed by atoms with Crippen LogP contribution in [-0.2, 0) is 0 Å². The molecule has 1 aromatic carbocycles. The molecule has 3 heteroatoms. The molecule has 0 aliphatic carbocycles. The highest BCUT2D eigenvalue weighted by molar-refractivity contribution is 8.00. The van der Waals surface area contributed by atoms with Crippen molar-refractivity contribution in [3.05, 3.63) is 28.8 Å². The molecule has 1 aliphatic rings. The standard InChI is InChI=1S/C12H16ClNS/c1-8-3-4-12(11(13)5-8)14-10-6-9(2)15-7-10/h3-5,9-10,14H,6-7H2,1-2H3. The molecular formula is C12H16ClNS. The maximum Gasteiger partial charge on any atom is 0.0640 e. The van der Waals surface area contributed by atoms with Crippen LogP contribution in [-0.4, -0.2) is 17.0 Å². The number of nitrogens with one attached hydrogen (secondary N) is 1. The highest BCUT2D eigenvalue weighted by Gasteiger charge is 2.21. The minimum Gasteiger partial charge on any atom is -0.380 e. The van der Waals surface area contributed by atoms with Crippen molar-refractivity contribution in [3.8, 4) is 0 Å². The molecule has 1 aromatic rings. The lowest BCUT2D eigenvalue weighted by Crippen LogP contribution is -2.19. The van der Waals surface area contributed by atoms with Crippen LogP contribution in [0.2, 0.25) is 5.02 Å². The van der Waals surface area contributed by atoms with Crippen molar-refractivity contribution >= 4 is 29.1 Å². The minimum absolute atomic E-state index is 0.574. The van der Waals surface area contributed by atoms with E-state index < -0.39 is 0 Å². The fraction of sp³-hybridized carbons (Fsp3) is 0.500. The van der Waals surface area contributed by atoms with Gasteiger partial charge in [0.05, 0.1) is 10.7 Å². The SMILES string of the molecule is Cc1ccc(NC2CSC(C)C2)c(Cl)c1. The Labute approximate surface area is 101 Å². The van der Waals surface area contributed by atoms with Gasteiger partial charge in [-0.3, -0.25) is 0 Å². The molecule has 1 heterocycles. The number of halogens is 1. The Morgan fingerprint density at radius 2 is 2.27 bits per heavy atom. The number of hydrogen-bond acceptors (Lipinski definition) is 2.